The number of rotatable bonds is 8. The molecule has 1 N–H and O–H groups in total. The van der Waals surface area contributed by atoms with Crippen LogP contribution in [-0.4, -0.2) is 43.4 Å². The summed E-state index contributed by atoms with van der Waals surface area (Å²) >= 11 is 0. The molecule has 150 valence electrons. The molecule has 1 aromatic heterocycles. The molecule has 0 spiro atoms. The second-order valence-electron chi connectivity index (χ2n) is 7.49. The molecule has 2 aromatic rings. The Morgan fingerprint density at radius 2 is 2.04 bits per heavy atom. The molecule has 0 aliphatic carbocycles. The van der Waals surface area contributed by atoms with Gasteiger partial charge in [0.25, 0.3) is 0 Å². The van der Waals surface area contributed by atoms with E-state index in [0.717, 1.165) is 29.5 Å². The Bertz CT molecular complexity index is 757. The van der Waals surface area contributed by atoms with Gasteiger partial charge in [-0.2, -0.15) is 0 Å². The lowest BCUT2D eigenvalue weighted by Crippen LogP contribution is -2.47. The summed E-state index contributed by atoms with van der Waals surface area (Å²) < 4.78 is 11.1. The third-order valence-corrected chi connectivity index (χ3v) is 5.40. The van der Waals surface area contributed by atoms with Crippen molar-refractivity contribution in [2.75, 3.05) is 26.4 Å². The molecule has 0 bridgehead atoms. The van der Waals surface area contributed by atoms with Crippen LogP contribution in [0.2, 0.25) is 0 Å². The highest BCUT2D eigenvalue weighted by molar-refractivity contribution is 5.83. The first-order valence-corrected chi connectivity index (χ1v) is 10.1. The molecule has 3 rings (SSSR count). The van der Waals surface area contributed by atoms with Gasteiger partial charge in [0.1, 0.15) is 0 Å². The lowest BCUT2D eigenvalue weighted by Gasteiger charge is -2.36. The number of hydrogen-bond acceptors (Lipinski definition) is 4. The van der Waals surface area contributed by atoms with Gasteiger partial charge in [-0.25, -0.2) is 0 Å². The molecule has 1 aliphatic heterocycles. The zero-order chi connectivity index (χ0) is 19.8. The molecule has 0 saturated carbocycles. The second-order valence-corrected chi connectivity index (χ2v) is 7.49. The van der Waals surface area contributed by atoms with Crippen LogP contribution in [-0.2, 0) is 20.7 Å². The number of amides is 1. The predicted molar refractivity (Wildman–Crippen MR) is 110 cm³/mol. The number of carbonyl (C=O) groups is 1. The number of benzene rings is 1. The van der Waals surface area contributed by atoms with E-state index in [1.807, 2.05) is 26.1 Å². The van der Waals surface area contributed by atoms with Crippen molar-refractivity contribution >= 4 is 5.91 Å². The SMILES string of the molecule is CCO[C@H](C)CNC(=O)C1(Cc2cccc(-c3cccnc3)c2)CCOCC1. The minimum Gasteiger partial charge on any atom is -0.381 e. The summed E-state index contributed by atoms with van der Waals surface area (Å²) in [6.45, 7) is 6.38. The summed E-state index contributed by atoms with van der Waals surface area (Å²) in [4.78, 5) is 17.4. The van der Waals surface area contributed by atoms with Crippen molar-refractivity contribution in [3.05, 3.63) is 54.4 Å². The van der Waals surface area contributed by atoms with Crippen molar-refractivity contribution in [2.24, 2.45) is 5.41 Å². The Hall–Kier alpha value is -2.24. The largest absolute Gasteiger partial charge is 0.381 e. The van der Waals surface area contributed by atoms with Gasteiger partial charge in [0, 0.05) is 38.8 Å². The van der Waals surface area contributed by atoms with Crippen molar-refractivity contribution in [1.82, 2.24) is 10.3 Å². The zero-order valence-corrected chi connectivity index (χ0v) is 16.8. The minimum absolute atomic E-state index is 0.0137. The number of pyridine rings is 1. The van der Waals surface area contributed by atoms with E-state index in [1.54, 1.807) is 6.20 Å². The van der Waals surface area contributed by atoms with Crippen LogP contribution in [0.15, 0.2) is 48.8 Å². The molecule has 1 aromatic carbocycles. The van der Waals surface area contributed by atoms with Crippen LogP contribution in [0, 0.1) is 5.41 Å². The normalized spacial score (nSPS) is 17.1. The first kappa shape index (κ1) is 20.5. The number of nitrogens with one attached hydrogen (secondary N) is 1. The topological polar surface area (TPSA) is 60.5 Å². The third-order valence-electron chi connectivity index (χ3n) is 5.40. The van der Waals surface area contributed by atoms with Gasteiger partial charge in [0.15, 0.2) is 0 Å². The van der Waals surface area contributed by atoms with E-state index in [1.165, 1.54) is 0 Å². The van der Waals surface area contributed by atoms with Crippen LogP contribution in [0.25, 0.3) is 11.1 Å². The average Bonchev–Trinajstić information content (AvgIpc) is 2.74. The monoisotopic (exact) mass is 382 g/mol. The number of ether oxygens (including phenoxy) is 2. The van der Waals surface area contributed by atoms with Crippen LogP contribution in [0.3, 0.4) is 0 Å². The Balaban J connectivity index is 1.76. The molecule has 5 nitrogen and oxygen atoms in total. The van der Waals surface area contributed by atoms with Gasteiger partial charge in [0.2, 0.25) is 5.91 Å². The first-order valence-electron chi connectivity index (χ1n) is 10.1. The molecule has 1 fully saturated rings. The Morgan fingerprint density at radius 3 is 2.75 bits per heavy atom. The van der Waals surface area contributed by atoms with Crippen LogP contribution in [0.5, 0.6) is 0 Å². The van der Waals surface area contributed by atoms with Gasteiger partial charge in [-0.15, -0.1) is 0 Å². The molecule has 0 unspecified atom stereocenters. The maximum atomic E-state index is 13.2. The van der Waals surface area contributed by atoms with E-state index in [9.17, 15) is 4.79 Å². The summed E-state index contributed by atoms with van der Waals surface area (Å²) in [6, 6.07) is 12.4. The number of nitrogens with zero attached hydrogens (tertiary/aromatic N) is 1. The van der Waals surface area contributed by atoms with Gasteiger partial charge in [-0.05, 0) is 55.9 Å². The Morgan fingerprint density at radius 1 is 1.25 bits per heavy atom. The van der Waals surface area contributed by atoms with Crippen molar-refractivity contribution in [3.8, 4) is 11.1 Å². The predicted octanol–water partition coefficient (Wildman–Crippen LogP) is 3.63. The first-order chi connectivity index (χ1) is 13.6. The summed E-state index contributed by atoms with van der Waals surface area (Å²) in [6.07, 6.45) is 5.83. The van der Waals surface area contributed by atoms with E-state index >= 15 is 0 Å². The molecular weight excluding hydrogens is 352 g/mol. The van der Waals surface area contributed by atoms with Gasteiger partial charge in [-0.3, -0.25) is 9.78 Å². The fraction of sp³-hybridized carbons (Fsp3) is 0.478. The smallest absolute Gasteiger partial charge is 0.226 e. The van der Waals surface area contributed by atoms with Crippen molar-refractivity contribution < 1.29 is 14.3 Å². The standard InChI is InChI=1S/C23H30N2O3/c1-3-28-18(2)16-25-22(26)23(9-12-27-13-10-23)15-19-6-4-7-20(14-19)21-8-5-11-24-17-21/h4-8,11,14,17-18H,3,9-10,12-13,15-16H2,1-2H3,(H,25,26)/t18-/m1/s1. The highest BCUT2D eigenvalue weighted by Gasteiger charge is 2.40. The quantitative estimate of drug-likeness (QED) is 0.757. The van der Waals surface area contributed by atoms with Crippen LogP contribution in [0.1, 0.15) is 32.3 Å². The molecule has 1 atom stereocenters. The maximum absolute atomic E-state index is 13.2. The summed E-state index contributed by atoms with van der Waals surface area (Å²) in [5, 5.41) is 3.11. The number of carbonyl (C=O) groups excluding carboxylic acids is 1. The van der Waals surface area contributed by atoms with Crippen molar-refractivity contribution in [2.45, 2.75) is 39.2 Å². The van der Waals surface area contributed by atoms with Crippen molar-refractivity contribution in [1.29, 1.82) is 0 Å². The van der Waals surface area contributed by atoms with E-state index < -0.39 is 5.41 Å². The van der Waals surface area contributed by atoms with Crippen LogP contribution >= 0.6 is 0 Å². The molecule has 5 heteroatoms. The summed E-state index contributed by atoms with van der Waals surface area (Å²) in [5.41, 5.74) is 2.94. The molecular formula is C23H30N2O3. The van der Waals surface area contributed by atoms with Gasteiger partial charge in [-0.1, -0.05) is 30.3 Å². The zero-order valence-electron chi connectivity index (χ0n) is 16.8. The van der Waals surface area contributed by atoms with E-state index in [-0.39, 0.29) is 12.0 Å². The Labute approximate surface area is 167 Å². The molecule has 1 saturated heterocycles. The summed E-state index contributed by atoms with van der Waals surface area (Å²) in [7, 11) is 0. The third kappa shape index (κ3) is 5.18. The molecule has 1 aliphatic rings. The highest BCUT2D eigenvalue weighted by Crippen LogP contribution is 2.35. The van der Waals surface area contributed by atoms with Crippen LogP contribution in [0.4, 0.5) is 0 Å². The number of hydrogen-bond donors (Lipinski definition) is 1. The van der Waals surface area contributed by atoms with E-state index in [2.05, 4.69) is 40.6 Å². The van der Waals surface area contributed by atoms with E-state index in [4.69, 9.17) is 9.47 Å². The lowest BCUT2D eigenvalue weighted by molar-refractivity contribution is -0.137. The fourth-order valence-corrected chi connectivity index (χ4v) is 3.80. The van der Waals surface area contributed by atoms with Crippen molar-refractivity contribution in [3.63, 3.8) is 0 Å². The number of aromatic nitrogens is 1. The fourth-order valence-electron chi connectivity index (χ4n) is 3.80. The lowest BCUT2D eigenvalue weighted by atomic mass is 9.74. The van der Waals surface area contributed by atoms with Gasteiger partial charge < -0.3 is 14.8 Å². The van der Waals surface area contributed by atoms with Gasteiger partial charge >= 0.3 is 0 Å². The van der Waals surface area contributed by atoms with E-state index in [0.29, 0.717) is 32.8 Å². The average molecular weight is 383 g/mol. The molecule has 28 heavy (non-hydrogen) atoms. The highest BCUT2D eigenvalue weighted by atomic mass is 16.5. The van der Waals surface area contributed by atoms with Crippen LogP contribution < -0.4 is 5.32 Å². The summed E-state index contributed by atoms with van der Waals surface area (Å²) in [5.74, 6) is 0.106. The molecule has 1 amide bonds. The molecule has 2 heterocycles. The second kappa shape index (κ2) is 9.80. The molecule has 0 radical (unpaired) electrons. The minimum atomic E-state index is -0.433. The Kier molecular flexibility index (Phi) is 7.18. The van der Waals surface area contributed by atoms with Gasteiger partial charge in [0.05, 0.1) is 11.5 Å². The maximum Gasteiger partial charge on any atom is 0.226 e.